The van der Waals surface area contributed by atoms with E-state index in [-0.39, 0.29) is 18.3 Å². The summed E-state index contributed by atoms with van der Waals surface area (Å²) in [5.74, 6) is -0.349. The molecule has 0 atom stereocenters. The van der Waals surface area contributed by atoms with Crippen molar-refractivity contribution in [3.8, 4) is 5.75 Å². The van der Waals surface area contributed by atoms with Crippen LogP contribution in [-0.4, -0.2) is 36.1 Å². The monoisotopic (exact) mass is 476 g/mol. The lowest BCUT2D eigenvalue weighted by molar-refractivity contribution is -0.121. The Morgan fingerprint density at radius 1 is 1.09 bits per heavy atom. The number of amidine groups is 1. The summed E-state index contributed by atoms with van der Waals surface area (Å²) in [7, 11) is 2.98. The molecule has 3 aromatic rings. The second-order valence-corrected chi connectivity index (χ2v) is 8.37. The molecule has 0 N–H and O–H groups in total. The third kappa shape index (κ3) is 5.35. The molecule has 1 aliphatic rings. The average molecular weight is 477 g/mol. The zero-order valence-electron chi connectivity index (χ0n) is 18.5. The number of para-hydroxylation sites is 1. The van der Waals surface area contributed by atoms with Crippen molar-refractivity contribution >= 4 is 40.6 Å². The Morgan fingerprint density at radius 2 is 1.85 bits per heavy atom. The molecule has 1 saturated heterocycles. The Hall–Kier alpha value is -3.91. The van der Waals surface area contributed by atoms with E-state index < -0.39 is 5.97 Å². The summed E-state index contributed by atoms with van der Waals surface area (Å²) in [6.45, 7) is 0.202. The van der Waals surface area contributed by atoms with E-state index in [2.05, 4.69) is 4.99 Å². The normalized spacial score (nSPS) is 15.7. The van der Waals surface area contributed by atoms with E-state index in [0.29, 0.717) is 32.6 Å². The van der Waals surface area contributed by atoms with Gasteiger partial charge in [-0.05, 0) is 65.9 Å². The smallest absolute Gasteiger partial charge is 0.337 e. The van der Waals surface area contributed by atoms with Gasteiger partial charge < -0.3 is 9.47 Å². The van der Waals surface area contributed by atoms with E-state index in [1.807, 2.05) is 18.2 Å². The molecule has 0 saturated carbocycles. The van der Waals surface area contributed by atoms with Crippen LogP contribution < -0.4 is 4.74 Å². The number of likely N-dealkylation sites (N-methyl/N-ethyl adjacent to an activating group) is 1. The van der Waals surface area contributed by atoms with Gasteiger partial charge in [0.2, 0.25) is 0 Å². The van der Waals surface area contributed by atoms with E-state index in [9.17, 15) is 14.0 Å². The first kappa shape index (κ1) is 23.3. The fourth-order valence-electron chi connectivity index (χ4n) is 3.21. The molecule has 0 radical (unpaired) electrons. The summed E-state index contributed by atoms with van der Waals surface area (Å²) < 4.78 is 24.0. The largest absolute Gasteiger partial charge is 0.488 e. The third-order valence-corrected chi connectivity index (χ3v) is 6.07. The number of nitrogens with zero attached hydrogens (tertiary/aromatic N) is 2. The van der Waals surface area contributed by atoms with Crippen LogP contribution in [0, 0.1) is 5.82 Å². The molecule has 1 amide bonds. The Labute approximate surface area is 200 Å². The molecule has 0 unspecified atom stereocenters. The van der Waals surface area contributed by atoms with Crippen LogP contribution in [-0.2, 0) is 16.1 Å². The first-order valence-electron chi connectivity index (χ1n) is 10.4. The van der Waals surface area contributed by atoms with Crippen LogP contribution in [0.25, 0.3) is 6.08 Å². The maximum Gasteiger partial charge on any atom is 0.337 e. The quantitative estimate of drug-likeness (QED) is 0.351. The third-order valence-electron chi connectivity index (χ3n) is 5.01. The molecule has 0 aromatic heterocycles. The molecule has 8 heteroatoms. The molecule has 6 nitrogen and oxygen atoms in total. The molecular formula is C26H21FN2O4S. The van der Waals surface area contributed by atoms with Crippen LogP contribution in [0.15, 0.2) is 82.7 Å². The van der Waals surface area contributed by atoms with Crippen LogP contribution in [0.1, 0.15) is 21.5 Å². The van der Waals surface area contributed by atoms with Gasteiger partial charge >= 0.3 is 5.97 Å². The van der Waals surface area contributed by atoms with E-state index in [1.54, 1.807) is 55.6 Å². The number of methoxy groups -OCH3 is 1. The first-order chi connectivity index (χ1) is 16.4. The van der Waals surface area contributed by atoms with Crippen molar-refractivity contribution in [1.82, 2.24) is 4.90 Å². The second kappa shape index (κ2) is 10.4. The van der Waals surface area contributed by atoms with Crippen molar-refractivity contribution in [2.45, 2.75) is 6.61 Å². The molecule has 1 fully saturated rings. The van der Waals surface area contributed by atoms with Crippen molar-refractivity contribution in [2.75, 3.05) is 14.2 Å². The number of hydrogen-bond donors (Lipinski definition) is 0. The van der Waals surface area contributed by atoms with Gasteiger partial charge in [0, 0.05) is 12.6 Å². The molecule has 0 aliphatic carbocycles. The number of esters is 1. The van der Waals surface area contributed by atoms with Crippen LogP contribution in [0.4, 0.5) is 10.1 Å². The highest BCUT2D eigenvalue weighted by Crippen LogP contribution is 2.35. The molecule has 1 heterocycles. The zero-order valence-corrected chi connectivity index (χ0v) is 19.3. The summed E-state index contributed by atoms with van der Waals surface area (Å²) in [5.41, 5.74) is 2.47. The summed E-state index contributed by atoms with van der Waals surface area (Å²) in [4.78, 5) is 30.9. The van der Waals surface area contributed by atoms with Gasteiger partial charge in [0.15, 0.2) is 5.17 Å². The maximum absolute atomic E-state index is 13.4. The highest BCUT2D eigenvalue weighted by molar-refractivity contribution is 8.18. The van der Waals surface area contributed by atoms with E-state index in [0.717, 1.165) is 5.56 Å². The Balaban J connectivity index is 1.53. The lowest BCUT2D eigenvalue weighted by Gasteiger charge is -2.10. The Kier molecular flexibility index (Phi) is 7.08. The number of carbonyl (C=O) groups excluding carboxylic acids is 2. The minimum atomic E-state index is -0.426. The maximum atomic E-state index is 13.4. The average Bonchev–Trinajstić information content (AvgIpc) is 3.11. The zero-order chi connectivity index (χ0) is 24.1. The van der Waals surface area contributed by atoms with E-state index in [1.165, 1.54) is 35.9 Å². The molecular weight excluding hydrogens is 455 g/mol. The molecule has 34 heavy (non-hydrogen) atoms. The topological polar surface area (TPSA) is 68.2 Å². The highest BCUT2D eigenvalue weighted by atomic mass is 32.2. The first-order valence-corrected chi connectivity index (χ1v) is 11.2. The minimum absolute atomic E-state index is 0.185. The van der Waals surface area contributed by atoms with Gasteiger partial charge in [-0.25, -0.2) is 14.2 Å². The summed E-state index contributed by atoms with van der Waals surface area (Å²) >= 11 is 1.25. The molecule has 0 bridgehead atoms. The van der Waals surface area contributed by atoms with E-state index >= 15 is 0 Å². The van der Waals surface area contributed by atoms with E-state index in [4.69, 9.17) is 9.47 Å². The fourth-order valence-corrected chi connectivity index (χ4v) is 4.19. The van der Waals surface area contributed by atoms with Crippen LogP contribution in [0.3, 0.4) is 0 Å². The van der Waals surface area contributed by atoms with Gasteiger partial charge in [0.25, 0.3) is 5.91 Å². The predicted molar refractivity (Wildman–Crippen MR) is 130 cm³/mol. The van der Waals surface area contributed by atoms with Crippen LogP contribution in [0.5, 0.6) is 5.75 Å². The van der Waals surface area contributed by atoms with Crippen molar-refractivity contribution < 1.29 is 23.5 Å². The number of benzene rings is 3. The number of carbonyl (C=O) groups is 2. The number of rotatable bonds is 6. The van der Waals surface area contributed by atoms with Crippen molar-refractivity contribution in [3.63, 3.8) is 0 Å². The molecule has 172 valence electrons. The number of hydrogen-bond acceptors (Lipinski definition) is 6. The standard InChI is InChI=1S/C26H21FN2O4S/c1-29-24(30)23(34-26(29)28-21-12-10-18(11-13-21)25(31)32-2)15-19-7-3-4-9-22(19)33-16-17-6-5-8-20(27)14-17/h3-15H,16H2,1-2H3. The van der Waals surface area contributed by atoms with Crippen molar-refractivity contribution in [1.29, 1.82) is 0 Å². The van der Waals surface area contributed by atoms with Gasteiger partial charge in [-0.1, -0.05) is 30.3 Å². The molecule has 0 spiro atoms. The molecule has 1 aliphatic heterocycles. The Bertz CT molecular complexity index is 1290. The van der Waals surface area contributed by atoms with Crippen molar-refractivity contribution in [2.24, 2.45) is 4.99 Å². The second-order valence-electron chi connectivity index (χ2n) is 7.36. The SMILES string of the molecule is COC(=O)c1ccc(N=C2SC(=Cc3ccccc3OCc3cccc(F)c3)C(=O)N2C)cc1. The minimum Gasteiger partial charge on any atom is -0.488 e. The summed E-state index contributed by atoms with van der Waals surface area (Å²) in [5, 5.41) is 0.514. The van der Waals surface area contributed by atoms with Crippen LogP contribution >= 0.6 is 11.8 Å². The number of thioether (sulfide) groups is 1. The van der Waals surface area contributed by atoms with Gasteiger partial charge in [-0.2, -0.15) is 0 Å². The number of ether oxygens (including phenoxy) is 2. The van der Waals surface area contributed by atoms with Gasteiger partial charge in [0.1, 0.15) is 18.2 Å². The number of aliphatic imine (C=N–C) groups is 1. The van der Waals surface area contributed by atoms with Gasteiger partial charge in [-0.15, -0.1) is 0 Å². The van der Waals surface area contributed by atoms with Crippen LogP contribution in [0.2, 0.25) is 0 Å². The lowest BCUT2D eigenvalue weighted by atomic mass is 10.1. The fraction of sp³-hybridized carbons (Fsp3) is 0.115. The highest BCUT2D eigenvalue weighted by Gasteiger charge is 2.30. The molecule has 3 aromatic carbocycles. The molecule has 4 rings (SSSR count). The number of halogens is 1. The summed E-state index contributed by atoms with van der Waals surface area (Å²) in [6.07, 6.45) is 1.76. The van der Waals surface area contributed by atoms with Gasteiger partial charge in [0.05, 0.1) is 23.3 Å². The van der Waals surface area contributed by atoms with Gasteiger partial charge in [-0.3, -0.25) is 9.69 Å². The number of amides is 1. The summed E-state index contributed by atoms with van der Waals surface area (Å²) in [6, 6.07) is 20.2. The predicted octanol–water partition coefficient (Wildman–Crippen LogP) is 5.43. The van der Waals surface area contributed by atoms with Crippen molar-refractivity contribution in [3.05, 3.63) is 100 Å². The lowest BCUT2D eigenvalue weighted by Crippen LogP contribution is -2.23. The Morgan fingerprint density at radius 3 is 2.59 bits per heavy atom.